The summed E-state index contributed by atoms with van der Waals surface area (Å²) in [6.07, 6.45) is 3.73. The van der Waals surface area contributed by atoms with Crippen molar-refractivity contribution in [2.75, 3.05) is 13.4 Å². The molecule has 0 heterocycles. The molecular weight excluding hydrogens is 196 g/mol. The van der Waals surface area contributed by atoms with E-state index in [0.717, 1.165) is 29.1 Å². The number of hydrogen-bond acceptors (Lipinski definition) is 3. The van der Waals surface area contributed by atoms with Crippen LogP contribution in [0.3, 0.4) is 0 Å². The highest BCUT2D eigenvalue weighted by atomic mass is 32.2. The highest BCUT2D eigenvalue weighted by molar-refractivity contribution is 7.98. The van der Waals surface area contributed by atoms with Crippen LogP contribution in [0.1, 0.15) is 18.4 Å². The molecule has 1 saturated carbocycles. The predicted octanol–water partition coefficient (Wildman–Crippen LogP) is 2.40. The summed E-state index contributed by atoms with van der Waals surface area (Å²) in [5.74, 6) is 0.803. The minimum Gasteiger partial charge on any atom is -0.496 e. The first-order valence-corrected chi connectivity index (χ1v) is 5.87. The molecular formula is C11H14O2S. The molecule has 0 bridgehead atoms. The molecule has 2 nitrogen and oxygen atoms in total. The van der Waals surface area contributed by atoms with Gasteiger partial charge < -0.3 is 9.84 Å². The molecule has 3 heteroatoms. The average Bonchev–Trinajstić information content (AvgIpc) is 2.96. The van der Waals surface area contributed by atoms with E-state index < -0.39 is 5.60 Å². The molecule has 0 spiro atoms. The van der Waals surface area contributed by atoms with E-state index in [1.807, 2.05) is 24.5 Å². The minimum atomic E-state index is -0.609. The van der Waals surface area contributed by atoms with Crippen LogP contribution in [0.25, 0.3) is 0 Å². The van der Waals surface area contributed by atoms with Gasteiger partial charge >= 0.3 is 0 Å². The normalized spacial score (nSPS) is 17.9. The molecule has 0 aromatic heterocycles. The average molecular weight is 210 g/mol. The molecule has 1 aromatic carbocycles. The van der Waals surface area contributed by atoms with Crippen LogP contribution in [0.2, 0.25) is 0 Å². The Morgan fingerprint density at radius 2 is 2.14 bits per heavy atom. The van der Waals surface area contributed by atoms with Gasteiger partial charge in [-0.25, -0.2) is 0 Å². The molecule has 1 N–H and O–H groups in total. The fourth-order valence-corrected chi connectivity index (χ4v) is 2.00. The van der Waals surface area contributed by atoms with Gasteiger partial charge in [-0.15, -0.1) is 11.8 Å². The van der Waals surface area contributed by atoms with Gasteiger partial charge in [0.25, 0.3) is 0 Å². The van der Waals surface area contributed by atoms with Gasteiger partial charge in [-0.3, -0.25) is 0 Å². The maximum Gasteiger partial charge on any atom is 0.126 e. The van der Waals surface area contributed by atoms with Crippen molar-refractivity contribution in [1.29, 1.82) is 0 Å². The lowest BCUT2D eigenvalue weighted by molar-refractivity contribution is 0.147. The van der Waals surface area contributed by atoms with Crippen LogP contribution >= 0.6 is 11.8 Å². The van der Waals surface area contributed by atoms with E-state index in [9.17, 15) is 5.11 Å². The van der Waals surface area contributed by atoms with Crippen molar-refractivity contribution in [1.82, 2.24) is 0 Å². The molecule has 0 unspecified atom stereocenters. The highest BCUT2D eigenvalue weighted by Crippen LogP contribution is 2.49. The molecule has 76 valence electrons. The summed E-state index contributed by atoms with van der Waals surface area (Å²) in [6.45, 7) is 0. The minimum absolute atomic E-state index is 0.609. The standard InChI is InChI=1S/C11H14O2S/c1-13-10-7-8(14-2)3-4-9(10)11(12)5-6-11/h3-4,7,12H,5-6H2,1-2H3. The maximum atomic E-state index is 9.99. The summed E-state index contributed by atoms with van der Waals surface area (Å²) in [5.41, 5.74) is 0.320. The molecule has 0 atom stereocenters. The van der Waals surface area contributed by atoms with Gasteiger partial charge in [-0.1, -0.05) is 6.07 Å². The van der Waals surface area contributed by atoms with Crippen LogP contribution in [-0.2, 0) is 5.60 Å². The van der Waals surface area contributed by atoms with Gasteiger partial charge in [0.1, 0.15) is 5.75 Å². The zero-order valence-corrected chi connectivity index (χ0v) is 9.23. The molecule has 0 amide bonds. The van der Waals surface area contributed by atoms with E-state index in [0.29, 0.717) is 0 Å². The van der Waals surface area contributed by atoms with E-state index in [1.165, 1.54) is 0 Å². The fraction of sp³-hybridized carbons (Fsp3) is 0.455. The lowest BCUT2D eigenvalue weighted by Gasteiger charge is -2.13. The first-order chi connectivity index (χ1) is 6.69. The summed E-state index contributed by atoms with van der Waals surface area (Å²) < 4.78 is 5.28. The monoisotopic (exact) mass is 210 g/mol. The van der Waals surface area contributed by atoms with Crippen molar-refractivity contribution in [3.05, 3.63) is 23.8 Å². The van der Waals surface area contributed by atoms with Crippen molar-refractivity contribution in [3.8, 4) is 5.75 Å². The summed E-state index contributed by atoms with van der Waals surface area (Å²) in [7, 11) is 1.65. The lowest BCUT2D eigenvalue weighted by atomic mass is 10.1. The Labute approximate surface area is 88.3 Å². The molecule has 14 heavy (non-hydrogen) atoms. The number of benzene rings is 1. The van der Waals surface area contributed by atoms with E-state index in [1.54, 1.807) is 18.9 Å². The largest absolute Gasteiger partial charge is 0.496 e. The second kappa shape index (κ2) is 3.48. The first-order valence-electron chi connectivity index (χ1n) is 4.64. The van der Waals surface area contributed by atoms with Crippen LogP contribution in [0.4, 0.5) is 0 Å². The SMILES string of the molecule is COc1cc(SC)ccc1C1(O)CC1. The van der Waals surface area contributed by atoms with E-state index >= 15 is 0 Å². The Morgan fingerprint density at radius 1 is 1.43 bits per heavy atom. The van der Waals surface area contributed by atoms with Crippen molar-refractivity contribution in [3.63, 3.8) is 0 Å². The summed E-state index contributed by atoms with van der Waals surface area (Å²) >= 11 is 1.68. The Bertz CT molecular complexity index is 345. The van der Waals surface area contributed by atoms with Gasteiger partial charge in [0.2, 0.25) is 0 Å². The van der Waals surface area contributed by atoms with Crippen LogP contribution in [0.5, 0.6) is 5.75 Å². The first kappa shape index (κ1) is 9.87. The van der Waals surface area contributed by atoms with Gasteiger partial charge in [0, 0.05) is 10.5 Å². The Hall–Kier alpha value is -0.670. The van der Waals surface area contributed by atoms with Gasteiger partial charge in [-0.2, -0.15) is 0 Å². The molecule has 1 aromatic rings. The highest BCUT2D eigenvalue weighted by Gasteiger charge is 2.44. The van der Waals surface area contributed by atoms with Crippen molar-refractivity contribution < 1.29 is 9.84 Å². The van der Waals surface area contributed by atoms with Crippen molar-refractivity contribution in [2.45, 2.75) is 23.3 Å². The molecule has 1 aliphatic rings. The van der Waals surface area contributed by atoms with Crippen molar-refractivity contribution >= 4 is 11.8 Å². The maximum absolute atomic E-state index is 9.99. The number of rotatable bonds is 3. The van der Waals surface area contributed by atoms with Gasteiger partial charge in [-0.05, 0) is 31.2 Å². The van der Waals surface area contributed by atoms with Crippen LogP contribution in [0, 0.1) is 0 Å². The molecule has 0 radical (unpaired) electrons. The van der Waals surface area contributed by atoms with Crippen LogP contribution in [0.15, 0.2) is 23.1 Å². The number of ether oxygens (including phenoxy) is 1. The Kier molecular flexibility index (Phi) is 2.45. The quantitative estimate of drug-likeness (QED) is 0.777. The zero-order valence-electron chi connectivity index (χ0n) is 8.41. The van der Waals surface area contributed by atoms with Gasteiger partial charge in [0.15, 0.2) is 0 Å². The Morgan fingerprint density at radius 3 is 2.64 bits per heavy atom. The third kappa shape index (κ3) is 1.62. The molecule has 0 saturated heterocycles. The third-order valence-electron chi connectivity index (χ3n) is 2.63. The molecule has 2 rings (SSSR count). The second-order valence-corrected chi connectivity index (χ2v) is 4.48. The number of aliphatic hydroxyl groups is 1. The van der Waals surface area contributed by atoms with Crippen LogP contribution < -0.4 is 4.74 Å². The summed E-state index contributed by atoms with van der Waals surface area (Å²) in [6, 6.07) is 5.98. The fourth-order valence-electron chi connectivity index (χ4n) is 1.57. The topological polar surface area (TPSA) is 29.5 Å². The summed E-state index contributed by atoms with van der Waals surface area (Å²) in [4.78, 5) is 1.16. The third-order valence-corrected chi connectivity index (χ3v) is 3.36. The van der Waals surface area contributed by atoms with E-state index in [-0.39, 0.29) is 0 Å². The number of thioether (sulfide) groups is 1. The molecule has 1 aliphatic carbocycles. The smallest absolute Gasteiger partial charge is 0.126 e. The lowest BCUT2D eigenvalue weighted by Crippen LogP contribution is -2.06. The number of hydrogen-bond donors (Lipinski definition) is 1. The molecule has 0 aliphatic heterocycles. The number of methoxy groups -OCH3 is 1. The molecule has 1 fully saturated rings. The van der Waals surface area contributed by atoms with Crippen LogP contribution in [-0.4, -0.2) is 18.5 Å². The zero-order chi connectivity index (χ0) is 10.2. The predicted molar refractivity (Wildman–Crippen MR) is 57.9 cm³/mol. The Balaban J connectivity index is 2.40. The van der Waals surface area contributed by atoms with Crippen molar-refractivity contribution in [2.24, 2.45) is 0 Å². The van der Waals surface area contributed by atoms with E-state index in [2.05, 4.69) is 0 Å². The van der Waals surface area contributed by atoms with E-state index in [4.69, 9.17) is 4.74 Å². The summed E-state index contributed by atoms with van der Waals surface area (Å²) in [5, 5.41) is 9.99. The van der Waals surface area contributed by atoms with Gasteiger partial charge in [0.05, 0.1) is 12.7 Å². The second-order valence-electron chi connectivity index (χ2n) is 3.60.